The number of aryl methyl sites for hydroxylation is 1. The average molecular weight is 725 g/mol. The summed E-state index contributed by atoms with van der Waals surface area (Å²) in [5.74, 6) is -4.65. The third kappa shape index (κ3) is 5.90. The van der Waals surface area contributed by atoms with Crippen LogP contribution in [0.4, 0.5) is 11.4 Å². The maximum atomic E-state index is 14.2. The van der Waals surface area contributed by atoms with Crippen LogP contribution in [-0.2, 0) is 6.42 Å². The Balaban J connectivity index is 1.64. The van der Waals surface area contributed by atoms with Crippen molar-refractivity contribution in [3.63, 3.8) is 0 Å². The number of halogens is 6. The lowest BCUT2D eigenvalue weighted by atomic mass is 10.0. The number of nitrogens with zero attached hydrogens (tertiary/aromatic N) is 2. The van der Waals surface area contributed by atoms with Crippen molar-refractivity contribution < 1.29 is 29.1 Å². The van der Waals surface area contributed by atoms with Crippen LogP contribution in [0.25, 0.3) is 0 Å². The van der Waals surface area contributed by atoms with Crippen molar-refractivity contribution in [1.82, 2.24) is 0 Å². The van der Waals surface area contributed by atoms with Gasteiger partial charge in [-0.15, -0.1) is 0 Å². The second-order valence-electron chi connectivity index (χ2n) is 9.61. The highest BCUT2D eigenvalue weighted by Crippen LogP contribution is 2.39. The summed E-state index contributed by atoms with van der Waals surface area (Å²) in [5.41, 5.74) is -0.310. The molecule has 0 radical (unpaired) electrons. The highest BCUT2D eigenvalue weighted by atomic mass is 35.5. The zero-order valence-electron chi connectivity index (χ0n) is 22.6. The number of hydrogen-bond donors (Lipinski definition) is 1. The molecule has 0 aromatic heterocycles. The van der Waals surface area contributed by atoms with Crippen LogP contribution in [0, 0.1) is 0 Å². The number of rotatable bonds is 6. The Hall–Kier alpha value is -3.63. The van der Waals surface area contributed by atoms with E-state index in [9.17, 15) is 29.1 Å². The lowest BCUT2D eigenvalue weighted by Gasteiger charge is -2.26. The number of carboxylic acids is 1. The van der Waals surface area contributed by atoms with Gasteiger partial charge >= 0.3 is 5.97 Å². The fourth-order valence-electron chi connectivity index (χ4n) is 4.85. The van der Waals surface area contributed by atoms with Crippen LogP contribution in [0.2, 0.25) is 30.1 Å². The minimum absolute atomic E-state index is 0.00585. The van der Waals surface area contributed by atoms with Gasteiger partial charge in [-0.25, -0.2) is 14.6 Å². The van der Waals surface area contributed by atoms with Gasteiger partial charge in [0.25, 0.3) is 23.6 Å². The summed E-state index contributed by atoms with van der Waals surface area (Å²) >= 11 is 38.1. The van der Waals surface area contributed by atoms with Crippen LogP contribution >= 0.6 is 69.6 Å². The Kier molecular flexibility index (Phi) is 9.20. The van der Waals surface area contributed by atoms with E-state index in [2.05, 4.69) is 0 Å². The molecule has 228 valence electrons. The molecule has 1 N–H and O–H groups in total. The molecule has 4 aromatic rings. The van der Waals surface area contributed by atoms with Crippen LogP contribution in [0.15, 0.2) is 60.7 Å². The summed E-state index contributed by atoms with van der Waals surface area (Å²) in [4.78, 5) is 67.7. The minimum atomic E-state index is -1.27. The van der Waals surface area contributed by atoms with Crippen molar-refractivity contribution in [2.75, 3.05) is 9.80 Å². The van der Waals surface area contributed by atoms with Crippen molar-refractivity contribution in [2.45, 2.75) is 13.3 Å². The van der Waals surface area contributed by atoms with E-state index in [1.807, 2.05) is 0 Å². The Bertz CT molecular complexity index is 1970. The number of carbonyl (C=O) groups excluding carboxylic acids is 4. The van der Waals surface area contributed by atoms with Gasteiger partial charge < -0.3 is 5.11 Å². The van der Waals surface area contributed by atoms with Gasteiger partial charge in [-0.2, -0.15) is 0 Å². The SMILES string of the molecule is CCc1cc(Cl)cc(Cl)c1C(=O)N(C(=O)c1c(Cl)cc(Cl)cc1Cl)c1ccc(N2C(=O)c3ccc(C(=O)O)cc3C2=O)cc1Cl. The Labute approximate surface area is 285 Å². The molecule has 0 fully saturated rings. The predicted molar refractivity (Wildman–Crippen MR) is 174 cm³/mol. The van der Waals surface area contributed by atoms with E-state index >= 15 is 0 Å². The van der Waals surface area contributed by atoms with Crippen LogP contribution in [0.1, 0.15) is 64.3 Å². The van der Waals surface area contributed by atoms with Gasteiger partial charge in [0.1, 0.15) is 0 Å². The number of aromatic carboxylic acids is 1. The number of fused-ring (bicyclic) bond motifs is 1. The van der Waals surface area contributed by atoms with E-state index in [0.717, 1.165) is 15.9 Å². The Morgan fingerprint density at radius 3 is 1.82 bits per heavy atom. The summed E-state index contributed by atoms with van der Waals surface area (Å²) in [6.07, 6.45) is 0.321. The van der Waals surface area contributed by atoms with Gasteiger partial charge in [0.05, 0.1) is 59.3 Å². The number of benzene rings is 4. The zero-order chi connectivity index (χ0) is 32.9. The standard InChI is InChI=1S/C31H16Cl6N2O6/c1-2-13-7-15(32)9-21(35)25(13)29(42)39(30(43)26-22(36)10-16(33)11-23(26)37)24-6-4-17(12-20(24)34)38-27(40)18-5-3-14(31(44)45)8-19(18)28(38)41/h3-12H,2H2,1H3,(H,44,45). The number of carbonyl (C=O) groups is 5. The predicted octanol–water partition coefficient (Wildman–Crippen LogP) is 9.16. The molecule has 0 saturated heterocycles. The smallest absolute Gasteiger partial charge is 0.335 e. The summed E-state index contributed by atoms with van der Waals surface area (Å²) in [6, 6.07) is 12.8. The normalized spacial score (nSPS) is 12.4. The third-order valence-corrected chi connectivity index (χ3v) is 8.56. The molecule has 0 unspecified atom stereocenters. The maximum absolute atomic E-state index is 14.2. The first-order valence-corrected chi connectivity index (χ1v) is 15.1. The molecule has 45 heavy (non-hydrogen) atoms. The number of carboxylic acid groups (broad SMARTS) is 1. The van der Waals surface area contributed by atoms with E-state index in [1.165, 1.54) is 54.6 Å². The fraction of sp³-hybridized carbons (Fsp3) is 0.0645. The second kappa shape index (κ2) is 12.6. The van der Waals surface area contributed by atoms with E-state index in [4.69, 9.17) is 69.6 Å². The molecular formula is C31H16Cl6N2O6. The molecule has 5 rings (SSSR count). The monoisotopic (exact) mass is 722 g/mol. The first-order valence-electron chi connectivity index (χ1n) is 12.8. The first-order chi connectivity index (χ1) is 21.2. The summed E-state index contributed by atoms with van der Waals surface area (Å²) in [7, 11) is 0. The molecule has 0 atom stereocenters. The van der Waals surface area contributed by atoms with Crippen molar-refractivity contribution in [2.24, 2.45) is 0 Å². The summed E-state index contributed by atoms with van der Waals surface area (Å²) < 4.78 is 0. The Morgan fingerprint density at radius 1 is 0.689 bits per heavy atom. The van der Waals surface area contributed by atoms with Crippen LogP contribution in [-0.4, -0.2) is 34.7 Å². The molecule has 0 spiro atoms. The Morgan fingerprint density at radius 2 is 1.24 bits per heavy atom. The van der Waals surface area contributed by atoms with Crippen LogP contribution in [0.5, 0.6) is 0 Å². The number of amides is 4. The van der Waals surface area contributed by atoms with E-state index in [0.29, 0.717) is 12.0 Å². The molecular weight excluding hydrogens is 709 g/mol. The molecule has 0 bridgehead atoms. The lowest BCUT2D eigenvalue weighted by molar-refractivity contribution is 0.0695. The fourth-order valence-corrected chi connectivity index (χ4v) is 6.71. The molecule has 4 aromatic carbocycles. The van der Waals surface area contributed by atoms with Crippen LogP contribution < -0.4 is 9.80 Å². The van der Waals surface area contributed by atoms with E-state index in [-0.39, 0.29) is 69.3 Å². The molecule has 4 amide bonds. The summed E-state index contributed by atoms with van der Waals surface area (Å²) in [5, 5.41) is 9.18. The van der Waals surface area contributed by atoms with Gasteiger partial charge in [0.15, 0.2) is 0 Å². The molecule has 1 heterocycles. The number of anilines is 2. The molecule has 8 nitrogen and oxygen atoms in total. The largest absolute Gasteiger partial charge is 0.478 e. The molecule has 14 heteroatoms. The average Bonchev–Trinajstić information content (AvgIpc) is 3.21. The van der Waals surface area contributed by atoms with Gasteiger partial charge in [-0.05, 0) is 72.6 Å². The lowest BCUT2D eigenvalue weighted by Crippen LogP contribution is -2.38. The summed E-state index contributed by atoms with van der Waals surface area (Å²) in [6.45, 7) is 1.77. The number of hydrogen-bond acceptors (Lipinski definition) is 5. The van der Waals surface area contributed by atoms with E-state index < -0.39 is 29.6 Å². The van der Waals surface area contributed by atoms with Gasteiger partial charge in [0.2, 0.25) is 0 Å². The van der Waals surface area contributed by atoms with Crippen molar-refractivity contribution in [3.05, 3.63) is 124 Å². The molecule has 1 aliphatic heterocycles. The van der Waals surface area contributed by atoms with Crippen molar-refractivity contribution in [3.8, 4) is 0 Å². The van der Waals surface area contributed by atoms with Gasteiger partial charge in [-0.3, -0.25) is 19.2 Å². The van der Waals surface area contributed by atoms with Crippen molar-refractivity contribution in [1.29, 1.82) is 0 Å². The van der Waals surface area contributed by atoms with Crippen molar-refractivity contribution >= 4 is 111 Å². The molecule has 0 aliphatic carbocycles. The zero-order valence-corrected chi connectivity index (χ0v) is 27.2. The third-order valence-electron chi connectivity index (χ3n) is 6.92. The highest BCUT2D eigenvalue weighted by molar-refractivity contribution is 6.46. The molecule has 0 saturated carbocycles. The highest BCUT2D eigenvalue weighted by Gasteiger charge is 2.38. The van der Waals surface area contributed by atoms with Gasteiger partial charge in [0, 0.05) is 10.0 Å². The topological polar surface area (TPSA) is 112 Å². The van der Waals surface area contributed by atoms with Crippen LogP contribution in [0.3, 0.4) is 0 Å². The quantitative estimate of drug-likeness (QED) is 0.199. The number of imide groups is 2. The first kappa shape index (κ1) is 32.8. The minimum Gasteiger partial charge on any atom is -0.478 e. The van der Waals surface area contributed by atoms with Gasteiger partial charge in [-0.1, -0.05) is 76.5 Å². The van der Waals surface area contributed by atoms with E-state index in [1.54, 1.807) is 6.92 Å². The molecule has 1 aliphatic rings. The second-order valence-corrected chi connectivity index (χ2v) is 12.1. The maximum Gasteiger partial charge on any atom is 0.335 e.